The minimum Gasteiger partial charge on any atom is -0.314 e. The van der Waals surface area contributed by atoms with E-state index < -0.39 is 0 Å². The Kier molecular flexibility index (Phi) is 4.89. The van der Waals surface area contributed by atoms with Crippen LogP contribution in [0.5, 0.6) is 0 Å². The molecule has 1 aliphatic rings. The lowest BCUT2D eigenvalue weighted by Crippen LogP contribution is -2.26. The quantitative estimate of drug-likeness (QED) is 0.720. The summed E-state index contributed by atoms with van der Waals surface area (Å²) in [6, 6.07) is 21.3. The SMILES string of the molecule is c1ccc(CCc2nnc3n2CCN(Cc2ccccc2)CC3)cc1. The van der Waals surface area contributed by atoms with Crippen molar-refractivity contribution in [3.05, 3.63) is 83.4 Å². The van der Waals surface area contributed by atoms with Crippen molar-refractivity contribution < 1.29 is 0 Å². The van der Waals surface area contributed by atoms with E-state index in [4.69, 9.17) is 0 Å². The summed E-state index contributed by atoms with van der Waals surface area (Å²) >= 11 is 0. The van der Waals surface area contributed by atoms with Crippen molar-refractivity contribution in [1.82, 2.24) is 19.7 Å². The number of hydrogen-bond donors (Lipinski definition) is 0. The third-order valence-corrected chi connectivity index (χ3v) is 4.92. The Hall–Kier alpha value is -2.46. The van der Waals surface area contributed by atoms with Gasteiger partial charge in [-0.05, 0) is 17.5 Å². The zero-order valence-electron chi connectivity index (χ0n) is 14.5. The fraction of sp³-hybridized carbons (Fsp3) is 0.333. The van der Waals surface area contributed by atoms with Gasteiger partial charge in [-0.1, -0.05) is 60.7 Å². The smallest absolute Gasteiger partial charge is 0.134 e. The Morgan fingerprint density at radius 1 is 0.720 bits per heavy atom. The van der Waals surface area contributed by atoms with Crippen LogP contribution in [0.15, 0.2) is 60.7 Å². The molecule has 4 nitrogen and oxygen atoms in total. The van der Waals surface area contributed by atoms with Gasteiger partial charge in [-0.2, -0.15) is 0 Å². The molecule has 0 radical (unpaired) electrons. The first-order chi connectivity index (χ1) is 12.4. The first kappa shape index (κ1) is 16.0. The van der Waals surface area contributed by atoms with E-state index >= 15 is 0 Å². The molecule has 128 valence electrons. The maximum atomic E-state index is 4.46. The monoisotopic (exact) mass is 332 g/mol. The molecule has 25 heavy (non-hydrogen) atoms. The summed E-state index contributed by atoms with van der Waals surface area (Å²) in [4.78, 5) is 2.52. The normalized spacial score (nSPS) is 14.9. The van der Waals surface area contributed by atoms with Gasteiger partial charge in [-0.15, -0.1) is 10.2 Å². The largest absolute Gasteiger partial charge is 0.314 e. The molecule has 4 rings (SSSR count). The van der Waals surface area contributed by atoms with E-state index in [0.29, 0.717) is 0 Å². The van der Waals surface area contributed by atoms with Crippen molar-refractivity contribution in [3.8, 4) is 0 Å². The molecule has 0 atom stereocenters. The molecule has 0 N–H and O–H groups in total. The Balaban J connectivity index is 1.39. The zero-order chi connectivity index (χ0) is 16.9. The summed E-state index contributed by atoms with van der Waals surface area (Å²) in [6.07, 6.45) is 2.95. The molecule has 1 aromatic heterocycles. The first-order valence-corrected chi connectivity index (χ1v) is 9.09. The van der Waals surface area contributed by atoms with Crippen molar-refractivity contribution >= 4 is 0 Å². The van der Waals surface area contributed by atoms with Crippen LogP contribution in [-0.2, 0) is 32.4 Å². The number of hydrogen-bond acceptors (Lipinski definition) is 3. The lowest BCUT2D eigenvalue weighted by atomic mass is 10.1. The Morgan fingerprint density at radius 3 is 2.20 bits per heavy atom. The molecule has 3 aromatic rings. The van der Waals surface area contributed by atoms with Crippen molar-refractivity contribution in [2.75, 3.05) is 13.1 Å². The van der Waals surface area contributed by atoms with E-state index in [9.17, 15) is 0 Å². The third kappa shape index (κ3) is 3.97. The molecule has 0 saturated carbocycles. The summed E-state index contributed by atoms with van der Waals surface area (Å²) < 4.78 is 2.34. The van der Waals surface area contributed by atoms with Gasteiger partial charge in [-0.3, -0.25) is 4.90 Å². The van der Waals surface area contributed by atoms with Gasteiger partial charge in [-0.25, -0.2) is 0 Å². The standard InChI is InChI=1S/C21H24N4/c1-3-7-18(8-4-1)11-12-20-22-23-21-13-14-24(15-16-25(20)21)17-19-9-5-2-6-10-19/h1-10H,11-17H2. The van der Waals surface area contributed by atoms with Gasteiger partial charge in [0.05, 0.1) is 0 Å². The maximum Gasteiger partial charge on any atom is 0.134 e. The Morgan fingerprint density at radius 2 is 1.44 bits per heavy atom. The van der Waals surface area contributed by atoms with Crippen molar-refractivity contribution in [1.29, 1.82) is 0 Å². The predicted octanol–water partition coefficient (Wildman–Crippen LogP) is 3.12. The fourth-order valence-electron chi connectivity index (χ4n) is 3.51. The van der Waals surface area contributed by atoms with E-state index in [2.05, 4.69) is 80.3 Å². The topological polar surface area (TPSA) is 34.0 Å². The van der Waals surface area contributed by atoms with Crippen molar-refractivity contribution in [2.24, 2.45) is 0 Å². The van der Waals surface area contributed by atoms with E-state index in [-0.39, 0.29) is 0 Å². The summed E-state index contributed by atoms with van der Waals surface area (Å²) in [6.45, 7) is 4.10. The van der Waals surface area contributed by atoms with Crippen molar-refractivity contribution in [3.63, 3.8) is 0 Å². The molecule has 4 heteroatoms. The highest BCUT2D eigenvalue weighted by molar-refractivity contribution is 5.16. The van der Waals surface area contributed by atoms with Crippen LogP contribution < -0.4 is 0 Å². The second-order valence-electron chi connectivity index (χ2n) is 6.68. The molecule has 0 saturated heterocycles. The number of rotatable bonds is 5. The van der Waals surface area contributed by atoms with Crippen LogP contribution in [0.4, 0.5) is 0 Å². The molecule has 2 heterocycles. The highest BCUT2D eigenvalue weighted by atomic mass is 15.3. The van der Waals surface area contributed by atoms with Gasteiger partial charge in [0, 0.05) is 39.0 Å². The van der Waals surface area contributed by atoms with Gasteiger partial charge in [0.15, 0.2) is 0 Å². The maximum absolute atomic E-state index is 4.46. The average molecular weight is 332 g/mol. The van der Waals surface area contributed by atoms with Gasteiger partial charge in [0.1, 0.15) is 11.6 Å². The van der Waals surface area contributed by atoms with Crippen LogP contribution in [0, 0.1) is 0 Å². The van der Waals surface area contributed by atoms with E-state index in [1.165, 1.54) is 11.1 Å². The van der Waals surface area contributed by atoms with E-state index in [0.717, 1.165) is 57.1 Å². The minimum atomic E-state index is 0.954. The van der Waals surface area contributed by atoms with Gasteiger partial charge >= 0.3 is 0 Å². The van der Waals surface area contributed by atoms with Crippen molar-refractivity contribution in [2.45, 2.75) is 32.4 Å². The number of benzene rings is 2. The number of aryl methyl sites for hydroxylation is 2. The average Bonchev–Trinajstić information content (AvgIpc) is 2.95. The molecular formula is C21H24N4. The summed E-state index contributed by atoms with van der Waals surface area (Å²) in [5.41, 5.74) is 2.74. The zero-order valence-corrected chi connectivity index (χ0v) is 14.5. The molecule has 0 unspecified atom stereocenters. The van der Waals surface area contributed by atoms with Crippen LogP contribution in [0.1, 0.15) is 22.8 Å². The van der Waals surface area contributed by atoms with Gasteiger partial charge < -0.3 is 4.57 Å². The summed E-state index contributed by atoms with van der Waals surface area (Å²) in [7, 11) is 0. The number of nitrogens with zero attached hydrogens (tertiary/aromatic N) is 4. The molecular weight excluding hydrogens is 308 g/mol. The first-order valence-electron chi connectivity index (χ1n) is 9.09. The lowest BCUT2D eigenvalue weighted by Gasteiger charge is -2.19. The molecule has 0 spiro atoms. The second kappa shape index (κ2) is 7.62. The summed E-state index contributed by atoms with van der Waals surface area (Å²) in [5.74, 6) is 2.26. The van der Waals surface area contributed by atoms with E-state index in [1.807, 2.05) is 0 Å². The molecule has 0 bridgehead atoms. The Bertz CT molecular complexity index is 795. The van der Waals surface area contributed by atoms with Crippen LogP contribution in [0.2, 0.25) is 0 Å². The number of aromatic nitrogens is 3. The highest BCUT2D eigenvalue weighted by Gasteiger charge is 2.18. The van der Waals surface area contributed by atoms with Crippen LogP contribution >= 0.6 is 0 Å². The molecule has 0 aliphatic carbocycles. The summed E-state index contributed by atoms with van der Waals surface area (Å²) in [5, 5.41) is 8.91. The Labute approximate surface area is 149 Å². The minimum absolute atomic E-state index is 0.954. The van der Waals surface area contributed by atoms with E-state index in [1.54, 1.807) is 0 Å². The molecule has 1 aliphatic heterocycles. The van der Waals surface area contributed by atoms with Crippen LogP contribution in [-0.4, -0.2) is 32.8 Å². The molecule has 0 amide bonds. The molecule has 0 fully saturated rings. The van der Waals surface area contributed by atoms with Gasteiger partial charge in [0.25, 0.3) is 0 Å². The van der Waals surface area contributed by atoms with Crippen LogP contribution in [0.25, 0.3) is 0 Å². The number of fused-ring (bicyclic) bond motifs is 1. The fourth-order valence-corrected chi connectivity index (χ4v) is 3.51. The lowest BCUT2D eigenvalue weighted by molar-refractivity contribution is 0.270. The van der Waals surface area contributed by atoms with Crippen LogP contribution in [0.3, 0.4) is 0 Å². The molecule has 2 aromatic carbocycles. The highest BCUT2D eigenvalue weighted by Crippen LogP contribution is 2.14. The van der Waals surface area contributed by atoms with Gasteiger partial charge in [0.2, 0.25) is 0 Å². The second-order valence-corrected chi connectivity index (χ2v) is 6.68. The third-order valence-electron chi connectivity index (χ3n) is 4.92. The predicted molar refractivity (Wildman–Crippen MR) is 99.3 cm³/mol.